The van der Waals surface area contributed by atoms with Crippen molar-refractivity contribution in [3.63, 3.8) is 0 Å². The Morgan fingerprint density at radius 3 is 2.67 bits per heavy atom. The van der Waals surface area contributed by atoms with Crippen LogP contribution in [0, 0.1) is 0 Å². The summed E-state index contributed by atoms with van der Waals surface area (Å²) in [5.74, 6) is 0. The van der Waals surface area contributed by atoms with Gasteiger partial charge in [-0.05, 0) is 45.0 Å². The van der Waals surface area contributed by atoms with Gasteiger partial charge in [-0.2, -0.15) is 0 Å². The SMILES string of the molecule is CN1C=CC(CCN(C)C(=O)OC(C)(C)C)=CC1. The highest BCUT2D eigenvalue weighted by atomic mass is 16.6. The maximum absolute atomic E-state index is 11.7. The molecule has 1 aliphatic heterocycles. The summed E-state index contributed by atoms with van der Waals surface area (Å²) in [5.41, 5.74) is 0.835. The molecule has 1 heterocycles. The molecule has 0 aromatic heterocycles. The molecule has 102 valence electrons. The van der Waals surface area contributed by atoms with Gasteiger partial charge < -0.3 is 14.5 Å². The first-order valence-corrected chi connectivity index (χ1v) is 6.29. The van der Waals surface area contributed by atoms with E-state index in [0.717, 1.165) is 13.0 Å². The molecule has 0 aromatic rings. The summed E-state index contributed by atoms with van der Waals surface area (Å²) in [5, 5.41) is 0. The number of carbonyl (C=O) groups is 1. The predicted molar refractivity (Wildman–Crippen MR) is 73.3 cm³/mol. The summed E-state index contributed by atoms with van der Waals surface area (Å²) in [7, 11) is 3.81. The average Bonchev–Trinajstić information content (AvgIpc) is 2.25. The van der Waals surface area contributed by atoms with E-state index in [1.165, 1.54) is 5.57 Å². The number of ether oxygens (including phenoxy) is 1. The van der Waals surface area contributed by atoms with E-state index in [9.17, 15) is 4.79 Å². The molecule has 18 heavy (non-hydrogen) atoms. The topological polar surface area (TPSA) is 32.8 Å². The lowest BCUT2D eigenvalue weighted by Gasteiger charge is -2.25. The van der Waals surface area contributed by atoms with Gasteiger partial charge in [0.2, 0.25) is 0 Å². The zero-order chi connectivity index (χ0) is 13.8. The number of amides is 1. The molecule has 0 aromatic carbocycles. The number of rotatable bonds is 3. The largest absolute Gasteiger partial charge is 0.444 e. The first-order valence-electron chi connectivity index (χ1n) is 6.29. The van der Waals surface area contributed by atoms with Crippen LogP contribution in [0.4, 0.5) is 4.79 Å². The molecule has 0 bridgehead atoms. The minimum atomic E-state index is -0.432. The Morgan fingerprint density at radius 1 is 1.50 bits per heavy atom. The van der Waals surface area contributed by atoms with Crippen LogP contribution in [0.15, 0.2) is 23.9 Å². The number of allylic oxidation sites excluding steroid dienone is 1. The van der Waals surface area contributed by atoms with Crippen LogP contribution < -0.4 is 0 Å². The predicted octanol–water partition coefficient (Wildman–Crippen LogP) is 2.63. The average molecular weight is 252 g/mol. The molecule has 1 aliphatic rings. The van der Waals surface area contributed by atoms with Crippen LogP contribution in [0.2, 0.25) is 0 Å². The van der Waals surface area contributed by atoms with Crippen molar-refractivity contribution in [1.82, 2.24) is 9.80 Å². The van der Waals surface area contributed by atoms with Gasteiger partial charge in [0, 0.05) is 27.2 Å². The maximum atomic E-state index is 11.7. The molecular weight excluding hydrogens is 228 g/mol. The van der Waals surface area contributed by atoms with Crippen molar-refractivity contribution in [2.24, 2.45) is 0 Å². The fourth-order valence-electron chi connectivity index (χ4n) is 1.53. The summed E-state index contributed by atoms with van der Waals surface area (Å²) in [6, 6.07) is 0. The summed E-state index contributed by atoms with van der Waals surface area (Å²) >= 11 is 0. The third-order valence-corrected chi connectivity index (χ3v) is 2.63. The Balaban J connectivity index is 2.35. The molecule has 1 rings (SSSR count). The van der Waals surface area contributed by atoms with E-state index in [4.69, 9.17) is 4.74 Å². The van der Waals surface area contributed by atoms with Gasteiger partial charge in [-0.15, -0.1) is 0 Å². The fraction of sp³-hybridized carbons (Fsp3) is 0.643. The number of hydrogen-bond acceptors (Lipinski definition) is 3. The Morgan fingerprint density at radius 2 is 2.17 bits per heavy atom. The molecule has 0 saturated heterocycles. The molecule has 0 fully saturated rings. The molecule has 0 atom stereocenters. The zero-order valence-electron chi connectivity index (χ0n) is 12.1. The van der Waals surface area contributed by atoms with Crippen LogP contribution >= 0.6 is 0 Å². The summed E-state index contributed by atoms with van der Waals surface area (Å²) in [6.45, 7) is 7.24. The smallest absolute Gasteiger partial charge is 0.410 e. The Labute approximate surface area is 110 Å². The van der Waals surface area contributed by atoms with Crippen LogP contribution in [-0.4, -0.2) is 48.7 Å². The highest BCUT2D eigenvalue weighted by molar-refractivity contribution is 5.67. The number of hydrogen-bond donors (Lipinski definition) is 0. The van der Waals surface area contributed by atoms with Gasteiger partial charge in [-0.25, -0.2) is 4.79 Å². The normalized spacial score (nSPS) is 15.4. The van der Waals surface area contributed by atoms with E-state index in [1.807, 2.05) is 27.8 Å². The van der Waals surface area contributed by atoms with Gasteiger partial charge in [0.15, 0.2) is 0 Å². The molecule has 0 saturated carbocycles. The van der Waals surface area contributed by atoms with E-state index in [2.05, 4.69) is 23.3 Å². The second-order valence-electron chi connectivity index (χ2n) is 5.69. The third-order valence-electron chi connectivity index (χ3n) is 2.63. The van der Waals surface area contributed by atoms with Crippen molar-refractivity contribution in [2.75, 3.05) is 27.2 Å². The minimum absolute atomic E-state index is 0.264. The lowest BCUT2D eigenvalue weighted by atomic mass is 10.1. The van der Waals surface area contributed by atoms with E-state index in [-0.39, 0.29) is 6.09 Å². The molecule has 0 radical (unpaired) electrons. The quantitative estimate of drug-likeness (QED) is 0.774. The van der Waals surface area contributed by atoms with Gasteiger partial charge in [0.25, 0.3) is 0 Å². The van der Waals surface area contributed by atoms with Gasteiger partial charge in [0.1, 0.15) is 5.60 Å². The van der Waals surface area contributed by atoms with E-state index >= 15 is 0 Å². The zero-order valence-corrected chi connectivity index (χ0v) is 12.1. The summed E-state index contributed by atoms with van der Waals surface area (Å²) in [6.07, 6.45) is 6.93. The minimum Gasteiger partial charge on any atom is -0.444 e. The fourth-order valence-corrected chi connectivity index (χ4v) is 1.53. The standard InChI is InChI=1S/C14H24N2O2/c1-14(2,3)18-13(17)16(5)11-8-12-6-9-15(4)10-7-12/h6-7,9H,8,10-11H2,1-5H3. The second-order valence-corrected chi connectivity index (χ2v) is 5.69. The molecule has 0 unspecified atom stereocenters. The van der Waals surface area contributed by atoms with Crippen LogP contribution in [0.5, 0.6) is 0 Å². The van der Waals surface area contributed by atoms with E-state index < -0.39 is 5.60 Å². The van der Waals surface area contributed by atoms with Gasteiger partial charge >= 0.3 is 6.09 Å². The summed E-state index contributed by atoms with van der Waals surface area (Å²) < 4.78 is 5.30. The lowest BCUT2D eigenvalue weighted by molar-refractivity contribution is 0.0301. The lowest BCUT2D eigenvalue weighted by Crippen LogP contribution is -2.34. The molecule has 0 aliphatic carbocycles. The number of carbonyl (C=O) groups excluding carboxylic acids is 1. The third kappa shape index (κ3) is 5.25. The molecule has 1 amide bonds. The van der Waals surface area contributed by atoms with Gasteiger partial charge in [-0.1, -0.05) is 6.08 Å². The number of likely N-dealkylation sites (N-methyl/N-ethyl adjacent to an activating group) is 1. The van der Waals surface area contributed by atoms with Crippen molar-refractivity contribution in [3.8, 4) is 0 Å². The first-order chi connectivity index (χ1) is 8.28. The number of nitrogens with zero attached hydrogens (tertiary/aromatic N) is 2. The molecular formula is C14H24N2O2. The van der Waals surface area contributed by atoms with Crippen molar-refractivity contribution in [1.29, 1.82) is 0 Å². The van der Waals surface area contributed by atoms with E-state index in [1.54, 1.807) is 11.9 Å². The monoisotopic (exact) mass is 252 g/mol. The molecule has 0 N–H and O–H groups in total. The maximum Gasteiger partial charge on any atom is 0.410 e. The van der Waals surface area contributed by atoms with Gasteiger partial charge in [-0.3, -0.25) is 0 Å². The van der Waals surface area contributed by atoms with Gasteiger partial charge in [0.05, 0.1) is 0 Å². The van der Waals surface area contributed by atoms with Crippen LogP contribution in [0.3, 0.4) is 0 Å². The first kappa shape index (κ1) is 14.6. The van der Waals surface area contributed by atoms with E-state index in [0.29, 0.717) is 6.54 Å². The van der Waals surface area contributed by atoms with Crippen LogP contribution in [0.25, 0.3) is 0 Å². The Hall–Kier alpha value is -1.45. The van der Waals surface area contributed by atoms with Crippen LogP contribution in [0.1, 0.15) is 27.2 Å². The molecule has 4 nitrogen and oxygen atoms in total. The van der Waals surface area contributed by atoms with Crippen molar-refractivity contribution >= 4 is 6.09 Å². The highest BCUT2D eigenvalue weighted by Crippen LogP contribution is 2.12. The Bertz CT molecular complexity index is 353. The highest BCUT2D eigenvalue weighted by Gasteiger charge is 2.19. The molecule has 4 heteroatoms. The van der Waals surface area contributed by atoms with Crippen molar-refractivity contribution < 1.29 is 9.53 Å². The molecule has 0 spiro atoms. The Kier molecular flexibility index (Phi) is 4.82. The second kappa shape index (κ2) is 5.94. The van der Waals surface area contributed by atoms with Crippen molar-refractivity contribution in [2.45, 2.75) is 32.8 Å². The summed E-state index contributed by atoms with van der Waals surface area (Å²) in [4.78, 5) is 15.5. The van der Waals surface area contributed by atoms with Crippen LogP contribution in [-0.2, 0) is 4.74 Å². The van der Waals surface area contributed by atoms with Crippen molar-refractivity contribution in [3.05, 3.63) is 23.9 Å².